The van der Waals surface area contributed by atoms with Crippen LogP contribution in [0.3, 0.4) is 0 Å². The molecule has 0 aromatic heterocycles. The summed E-state index contributed by atoms with van der Waals surface area (Å²) in [6.45, 7) is 0.785. The van der Waals surface area contributed by atoms with E-state index in [1.165, 1.54) is 0 Å². The van der Waals surface area contributed by atoms with Gasteiger partial charge in [-0.3, -0.25) is 0 Å². The van der Waals surface area contributed by atoms with Crippen molar-refractivity contribution in [1.82, 2.24) is 0 Å². The molecule has 0 spiro atoms. The minimum atomic E-state index is -0.263. The van der Waals surface area contributed by atoms with Gasteiger partial charge in [0, 0.05) is 0 Å². The Morgan fingerprint density at radius 1 is 1.38 bits per heavy atom. The Labute approximate surface area is 102 Å². The van der Waals surface area contributed by atoms with Gasteiger partial charge in [-0.1, -0.05) is 0 Å². The molecule has 1 aliphatic heterocycles. The highest BCUT2D eigenvalue weighted by Crippen LogP contribution is 2.42. The van der Waals surface area contributed by atoms with E-state index in [1.807, 2.05) is 0 Å². The van der Waals surface area contributed by atoms with Crippen molar-refractivity contribution in [2.24, 2.45) is 5.73 Å². The van der Waals surface area contributed by atoms with Gasteiger partial charge in [-0.2, -0.15) is 0 Å². The third-order valence-electron chi connectivity index (χ3n) is 2.52. The van der Waals surface area contributed by atoms with Crippen molar-refractivity contribution in [3.05, 3.63) is 21.9 Å². The summed E-state index contributed by atoms with van der Waals surface area (Å²) in [6, 6.07) is 1.71. The summed E-state index contributed by atoms with van der Waals surface area (Å²) in [5.41, 5.74) is 6.05. The van der Waals surface area contributed by atoms with Gasteiger partial charge in [0.1, 0.15) is 5.82 Å². The molecule has 1 aliphatic rings. The summed E-state index contributed by atoms with van der Waals surface area (Å²) in [4.78, 5) is 0. The Balaban J connectivity index is 2.22. The Hall–Kier alpha value is -0.810. The van der Waals surface area contributed by atoms with Gasteiger partial charge in [0.25, 0.3) is 0 Å². The van der Waals surface area contributed by atoms with Crippen LogP contribution in [0.5, 0.6) is 11.5 Å². The van der Waals surface area contributed by atoms with Gasteiger partial charge in [0.15, 0.2) is 11.5 Å². The molecule has 3 nitrogen and oxygen atoms in total. The van der Waals surface area contributed by atoms with Crippen molar-refractivity contribution < 1.29 is 13.9 Å². The highest BCUT2D eigenvalue weighted by molar-refractivity contribution is 9.10. The van der Waals surface area contributed by atoms with E-state index < -0.39 is 0 Å². The Bertz CT molecular complexity index is 398. The quantitative estimate of drug-likeness (QED) is 0.867. The maximum Gasteiger partial charge on any atom is 0.231 e. The predicted molar refractivity (Wildman–Crippen MR) is 62.2 cm³/mol. The number of hydrogen-bond donors (Lipinski definition) is 1. The summed E-state index contributed by atoms with van der Waals surface area (Å²) in [7, 11) is 0. The number of fused-ring (bicyclic) bond motifs is 1. The maximum absolute atomic E-state index is 13.9. The number of rotatable bonds is 4. The Morgan fingerprint density at radius 2 is 2.19 bits per heavy atom. The van der Waals surface area contributed by atoms with Gasteiger partial charge in [0.2, 0.25) is 6.79 Å². The number of nitrogens with two attached hydrogens (primary N) is 1. The second-order valence-electron chi connectivity index (χ2n) is 3.64. The second kappa shape index (κ2) is 5.01. The first-order chi connectivity index (χ1) is 7.74. The average molecular weight is 290 g/mol. The summed E-state index contributed by atoms with van der Waals surface area (Å²) >= 11 is 3.19. The molecule has 88 valence electrons. The van der Waals surface area contributed by atoms with Crippen LogP contribution in [0.15, 0.2) is 10.5 Å². The summed E-state index contributed by atoms with van der Waals surface area (Å²) in [6.07, 6.45) is 2.43. The highest BCUT2D eigenvalue weighted by Gasteiger charge is 2.22. The zero-order chi connectivity index (χ0) is 11.5. The fourth-order valence-corrected chi connectivity index (χ4v) is 2.24. The zero-order valence-electron chi connectivity index (χ0n) is 8.76. The van der Waals surface area contributed by atoms with E-state index in [0.29, 0.717) is 34.5 Å². The molecule has 0 saturated carbocycles. The van der Waals surface area contributed by atoms with E-state index >= 15 is 0 Å². The fraction of sp³-hybridized carbons (Fsp3) is 0.455. The summed E-state index contributed by atoms with van der Waals surface area (Å²) < 4.78 is 24.6. The molecule has 0 atom stereocenters. The molecule has 1 aromatic carbocycles. The number of halogens is 2. The number of unbranched alkanes of at least 4 members (excludes halogenated alkanes) is 1. The molecule has 0 amide bonds. The first kappa shape index (κ1) is 11.7. The lowest BCUT2D eigenvalue weighted by atomic mass is 10.1. The zero-order valence-corrected chi connectivity index (χ0v) is 10.3. The van der Waals surface area contributed by atoms with Gasteiger partial charge in [-0.25, -0.2) is 4.39 Å². The monoisotopic (exact) mass is 289 g/mol. The van der Waals surface area contributed by atoms with Crippen LogP contribution in [-0.4, -0.2) is 13.3 Å². The SMILES string of the molecule is NCCCCc1cc2c(c(Br)c1F)OCO2. The van der Waals surface area contributed by atoms with Gasteiger partial charge in [0.05, 0.1) is 4.47 Å². The molecule has 0 unspecified atom stereocenters. The van der Waals surface area contributed by atoms with Crippen molar-refractivity contribution in [2.75, 3.05) is 13.3 Å². The fourth-order valence-electron chi connectivity index (χ4n) is 1.67. The van der Waals surface area contributed by atoms with Gasteiger partial charge >= 0.3 is 0 Å². The van der Waals surface area contributed by atoms with Crippen molar-refractivity contribution in [1.29, 1.82) is 0 Å². The average Bonchev–Trinajstić information content (AvgIpc) is 2.73. The Kier molecular flexibility index (Phi) is 3.66. The van der Waals surface area contributed by atoms with Crippen LogP contribution < -0.4 is 15.2 Å². The number of aryl methyl sites for hydroxylation is 1. The lowest BCUT2D eigenvalue weighted by Crippen LogP contribution is -2.00. The van der Waals surface area contributed by atoms with Gasteiger partial charge in [-0.05, 0) is 53.4 Å². The van der Waals surface area contributed by atoms with E-state index in [9.17, 15) is 4.39 Å². The molecule has 0 bridgehead atoms. The molecule has 16 heavy (non-hydrogen) atoms. The van der Waals surface area contributed by atoms with E-state index in [2.05, 4.69) is 15.9 Å². The second-order valence-corrected chi connectivity index (χ2v) is 4.44. The molecule has 0 saturated heterocycles. The van der Waals surface area contributed by atoms with E-state index in [4.69, 9.17) is 15.2 Å². The van der Waals surface area contributed by atoms with Crippen LogP contribution in [0.2, 0.25) is 0 Å². The largest absolute Gasteiger partial charge is 0.454 e. The molecular formula is C11H13BrFNO2. The van der Waals surface area contributed by atoms with Crippen molar-refractivity contribution in [2.45, 2.75) is 19.3 Å². The minimum absolute atomic E-state index is 0.152. The molecule has 0 fully saturated rings. The smallest absolute Gasteiger partial charge is 0.231 e. The normalized spacial score (nSPS) is 13.2. The molecule has 0 radical (unpaired) electrons. The van der Waals surface area contributed by atoms with E-state index in [-0.39, 0.29) is 12.6 Å². The number of ether oxygens (including phenoxy) is 2. The van der Waals surface area contributed by atoms with Crippen molar-refractivity contribution in [3.63, 3.8) is 0 Å². The Morgan fingerprint density at radius 3 is 2.94 bits per heavy atom. The van der Waals surface area contributed by atoms with E-state index in [0.717, 1.165) is 12.8 Å². The van der Waals surface area contributed by atoms with Crippen LogP contribution >= 0.6 is 15.9 Å². The predicted octanol–water partition coefficient (Wildman–Crippen LogP) is 2.60. The van der Waals surface area contributed by atoms with Crippen LogP contribution in [-0.2, 0) is 6.42 Å². The van der Waals surface area contributed by atoms with Crippen molar-refractivity contribution >= 4 is 15.9 Å². The van der Waals surface area contributed by atoms with E-state index in [1.54, 1.807) is 6.07 Å². The minimum Gasteiger partial charge on any atom is -0.454 e. The van der Waals surface area contributed by atoms with Gasteiger partial charge < -0.3 is 15.2 Å². The van der Waals surface area contributed by atoms with Crippen LogP contribution in [0.25, 0.3) is 0 Å². The van der Waals surface area contributed by atoms with Crippen molar-refractivity contribution in [3.8, 4) is 11.5 Å². The van der Waals surface area contributed by atoms with Crippen LogP contribution in [0, 0.1) is 5.82 Å². The first-order valence-corrected chi connectivity index (χ1v) is 6.00. The molecule has 2 N–H and O–H groups in total. The lowest BCUT2D eigenvalue weighted by molar-refractivity contribution is 0.173. The highest BCUT2D eigenvalue weighted by atomic mass is 79.9. The third kappa shape index (κ3) is 2.15. The molecule has 5 heteroatoms. The summed E-state index contributed by atoms with van der Waals surface area (Å²) in [5, 5.41) is 0. The molecule has 1 heterocycles. The molecule has 0 aliphatic carbocycles. The molecule has 1 aromatic rings. The third-order valence-corrected chi connectivity index (χ3v) is 3.23. The number of benzene rings is 1. The molecule has 2 rings (SSSR count). The van der Waals surface area contributed by atoms with Gasteiger partial charge in [-0.15, -0.1) is 0 Å². The van der Waals surface area contributed by atoms with Crippen LogP contribution in [0.4, 0.5) is 4.39 Å². The maximum atomic E-state index is 13.9. The first-order valence-electron chi connectivity index (χ1n) is 5.20. The standard InChI is InChI=1S/C11H13BrFNO2/c12-9-10(13)7(3-1-2-4-14)5-8-11(9)16-6-15-8/h5H,1-4,6,14H2. The van der Waals surface area contributed by atoms with Crippen LogP contribution in [0.1, 0.15) is 18.4 Å². The lowest BCUT2D eigenvalue weighted by Gasteiger charge is -2.07. The topological polar surface area (TPSA) is 44.5 Å². The number of hydrogen-bond acceptors (Lipinski definition) is 3. The summed E-state index contributed by atoms with van der Waals surface area (Å²) in [5.74, 6) is 0.803. The molecular weight excluding hydrogens is 277 g/mol.